The van der Waals surface area contributed by atoms with Gasteiger partial charge in [0.05, 0.1) is 6.54 Å². The smallest absolute Gasteiger partial charge is 0.182 e. The fraction of sp³-hybridized carbons (Fsp3) is 0.125. The molecule has 23 heavy (non-hydrogen) atoms. The first-order valence-corrected chi connectivity index (χ1v) is 7.07. The number of fused-ring (bicyclic) bond motifs is 1. The van der Waals surface area contributed by atoms with Crippen molar-refractivity contribution < 1.29 is 8.81 Å². The highest BCUT2D eigenvalue weighted by Gasteiger charge is 2.16. The minimum absolute atomic E-state index is 0.247. The average Bonchev–Trinajstić information content (AvgIpc) is 3.16. The Kier molecular flexibility index (Phi) is 3.11. The predicted molar refractivity (Wildman–Crippen MR) is 81.1 cm³/mol. The molecule has 0 N–H and O–H groups in total. The maximum absolute atomic E-state index is 13.8. The van der Waals surface area contributed by atoms with Crippen LogP contribution in [0, 0.1) is 12.7 Å². The molecule has 0 unspecified atom stereocenters. The summed E-state index contributed by atoms with van der Waals surface area (Å²) >= 11 is 0. The summed E-state index contributed by atoms with van der Waals surface area (Å²) in [6.45, 7) is 2.10. The second kappa shape index (κ2) is 5.28. The molecule has 0 aliphatic carbocycles. The van der Waals surface area contributed by atoms with Crippen molar-refractivity contribution in [2.75, 3.05) is 0 Å². The standard InChI is InChI=1S/C16H12FN5O/c1-10-6-7-13(23-10)14-15-16(19-9-18-14)22(21-20-15)8-11-4-2-3-5-12(11)17/h2-7,9H,8H2,1H3. The van der Waals surface area contributed by atoms with E-state index in [4.69, 9.17) is 4.42 Å². The topological polar surface area (TPSA) is 69.6 Å². The Balaban J connectivity index is 1.80. The van der Waals surface area contributed by atoms with Gasteiger partial charge in [0.25, 0.3) is 0 Å². The van der Waals surface area contributed by atoms with Crippen molar-refractivity contribution in [1.29, 1.82) is 0 Å². The summed E-state index contributed by atoms with van der Waals surface area (Å²) in [5.41, 5.74) is 2.15. The minimum atomic E-state index is -0.285. The molecule has 7 heteroatoms. The molecule has 1 aromatic carbocycles. The van der Waals surface area contributed by atoms with E-state index in [2.05, 4.69) is 20.3 Å². The summed E-state index contributed by atoms with van der Waals surface area (Å²) in [7, 11) is 0. The molecule has 0 fully saturated rings. The summed E-state index contributed by atoms with van der Waals surface area (Å²) in [5.74, 6) is 1.10. The Morgan fingerprint density at radius 1 is 1.13 bits per heavy atom. The van der Waals surface area contributed by atoms with Crippen molar-refractivity contribution in [2.45, 2.75) is 13.5 Å². The normalized spacial score (nSPS) is 11.2. The van der Waals surface area contributed by atoms with Gasteiger partial charge < -0.3 is 4.42 Å². The molecule has 114 valence electrons. The monoisotopic (exact) mass is 309 g/mol. The highest BCUT2D eigenvalue weighted by atomic mass is 19.1. The predicted octanol–water partition coefficient (Wildman–Crippen LogP) is 2.98. The van der Waals surface area contributed by atoms with Crippen LogP contribution in [0.25, 0.3) is 22.6 Å². The zero-order valence-corrected chi connectivity index (χ0v) is 12.3. The van der Waals surface area contributed by atoms with Gasteiger partial charge in [0.2, 0.25) is 0 Å². The third kappa shape index (κ3) is 2.36. The Bertz CT molecular complexity index is 991. The van der Waals surface area contributed by atoms with Crippen LogP contribution in [0.15, 0.2) is 47.1 Å². The van der Waals surface area contributed by atoms with Crippen molar-refractivity contribution in [3.8, 4) is 11.5 Å². The summed E-state index contributed by atoms with van der Waals surface area (Å²) in [4.78, 5) is 8.46. The third-order valence-electron chi connectivity index (χ3n) is 3.55. The summed E-state index contributed by atoms with van der Waals surface area (Å²) in [5, 5.41) is 8.22. The Hall–Kier alpha value is -3.09. The first-order chi connectivity index (χ1) is 11.2. The molecule has 0 aliphatic rings. The summed E-state index contributed by atoms with van der Waals surface area (Å²) in [6, 6.07) is 10.2. The molecule has 4 rings (SSSR count). The zero-order valence-electron chi connectivity index (χ0n) is 12.3. The molecule has 0 radical (unpaired) electrons. The molecular formula is C16H12FN5O. The van der Waals surface area contributed by atoms with E-state index >= 15 is 0 Å². The summed E-state index contributed by atoms with van der Waals surface area (Å²) < 4.78 is 21.0. The molecule has 3 aromatic heterocycles. The fourth-order valence-corrected chi connectivity index (χ4v) is 2.43. The maximum atomic E-state index is 13.8. The van der Waals surface area contributed by atoms with Crippen molar-refractivity contribution >= 4 is 11.2 Å². The maximum Gasteiger partial charge on any atom is 0.182 e. The Morgan fingerprint density at radius 2 is 2.00 bits per heavy atom. The molecule has 0 saturated carbocycles. The van der Waals surface area contributed by atoms with Crippen LogP contribution in [0.5, 0.6) is 0 Å². The summed E-state index contributed by atoms with van der Waals surface area (Å²) in [6.07, 6.45) is 1.43. The highest BCUT2D eigenvalue weighted by molar-refractivity contribution is 5.84. The fourth-order valence-electron chi connectivity index (χ4n) is 2.43. The van der Waals surface area contributed by atoms with Gasteiger partial charge in [-0.1, -0.05) is 23.4 Å². The molecule has 6 nitrogen and oxygen atoms in total. The van der Waals surface area contributed by atoms with Gasteiger partial charge in [-0.15, -0.1) is 5.10 Å². The van der Waals surface area contributed by atoms with Gasteiger partial charge >= 0.3 is 0 Å². The molecule has 4 aromatic rings. The van der Waals surface area contributed by atoms with Gasteiger partial charge in [-0.3, -0.25) is 0 Å². The molecule has 0 atom stereocenters. The van der Waals surface area contributed by atoms with Gasteiger partial charge in [0, 0.05) is 5.56 Å². The van der Waals surface area contributed by atoms with Crippen LogP contribution in [0.4, 0.5) is 4.39 Å². The molecule has 0 saturated heterocycles. The zero-order chi connectivity index (χ0) is 15.8. The molecule has 0 spiro atoms. The van der Waals surface area contributed by atoms with Gasteiger partial charge in [-0.05, 0) is 25.1 Å². The quantitative estimate of drug-likeness (QED) is 0.582. The van der Waals surface area contributed by atoms with Crippen molar-refractivity contribution in [3.63, 3.8) is 0 Å². The van der Waals surface area contributed by atoms with E-state index in [0.29, 0.717) is 28.2 Å². The van der Waals surface area contributed by atoms with Gasteiger partial charge in [-0.2, -0.15) is 0 Å². The number of aryl methyl sites for hydroxylation is 1. The molecule has 0 bridgehead atoms. The number of aromatic nitrogens is 5. The minimum Gasteiger partial charge on any atom is -0.460 e. The lowest BCUT2D eigenvalue weighted by Crippen LogP contribution is -2.04. The van der Waals surface area contributed by atoms with E-state index in [1.165, 1.54) is 12.4 Å². The van der Waals surface area contributed by atoms with E-state index in [1.807, 2.05) is 19.1 Å². The second-order valence-corrected chi connectivity index (χ2v) is 5.14. The van der Waals surface area contributed by atoms with E-state index in [0.717, 1.165) is 5.76 Å². The van der Waals surface area contributed by atoms with Crippen molar-refractivity contribution in [2.24, 2.45) is 0 Å². The molecule has 3 heterocycles. The molecule has 0 amide bonds. The first-order valence-electron chi connectivity index (χ1n) is 7.07. The molecule has 0 aliphatic heterocycles. The van der Waals surface area contributed by atoms with E-state index < -0.39 is 0 Å². The van der Waals surface area contributed by atoms with Crippen LogP contribution >= 0.6 is 0 Å². The highest BCUT2D eigenvalue weighted by Crippen LogP contribution is 2.25. The lowest BCUT2D eigenvalue weighted by molar-refractivity contribution is 0.547. The number of benzene rings is 1. The van der Waals surface area contributed by atoms with Gasteiger partial charge in [0.15, 0.2) is 16.9 Å². The number of halogens is 1. The largest absolute Gasteiger partial charge is 0.460 e. The van der Waals surface area contributed by atoms with E-state index in [1.54, 1.807) is 22.9 Å². The van der Waals surface area contributed by atoms with Gasteiger partial charge in [-0.25, -0.2) is 19.0 Å². The molecular weight excluding hydrogens is 297 g/mol. The SMILES string of the molecule is Cc1ccc(-c2ncnc3c2nnn3Cc2ccccc2F)o1. The number of hydrogen-bond donors (Lipinski definition) is 0. The van der Waals surface area contributed by atoms with Crippen LogP contribution < -0.4 is 0 Å². The number of rotatable bonds is 3. The lowest BCUT2D eigenvalue weighted by Gasteiger charge is -2.03. The van der Waals surface area contributed by atoms with Crippen LogP contribution in [-0.2, 0) is 6.54 Å². The third-order valence-corrected chi connectivity index (χ3v) is 3.55. The van der Waals surface area contributed by atoms with E-state index in [-0.39, 0.29) is 12.4 Å². The van der Waals surface area contributed by atoms with Crippen molar-refractivity contribution in [1.82, 2.24) is 25.0 Å². The number of nitrogens with zero attached hydrogens (tertiary/aromatic N) is 5. The second-order valence-electron chi connectivity index (χ2n) is 5.14. The van der Waals surface area contributed by atoms with Crippen molar-refractivity contribution in [3.05, 3.63) is 59.9 Å². The average molecular weight is 309 g/mol. The van der Waals surface area contributed by atoms with Crippen LogP contribution in [0.1, 0.15) is 11.3 Å². The van der Waals surface area contributed by atoms with Crippen LogP contribution in [0.2, 0.25) is 0 Å². The van der Waals surface area contributed by atoms with E-state index in [9.17, 15) is 4.39 Å². The number of hydrogen-bond acceptors (Lipinski definition) is 5. The number of furan rings is 1. The van der Waals surface area contributed by atoms with Crippen LogP contribution in [0.3, 0.4) is 0 Å². The Labute approximate surface area is 130 Å². The Morgan fingerprint density at radius 3 is 2.78 bits per heavy atom. The van der Waals surface area contributed by atoms with Crippen LogP contribution in [-0.4, -0.2) is 25.0 Å². The lowest BCUT2D eigenvalue weighted by atomic mass is 10.2. The first kappa shape index (κ1) is 13.6. The van der Waals surface area contributed by atoms with Gasteiger partial charge in [0.1, 0.15) is 23.6 Å².